The van der Waals surface area contributed by atoms with Crippen molar-refractivity contribution in [3.05, 3.63) is 63.6 Å². The molecule has 0 radical (unpaired) electrons. The minimum Gasteiger partial charge on any atom is -0.493 e. The molecule has 2 aromatic carbocycles. The van der Waals surface area contributed by atoms with E-state index >= 15 is 0 Å². The van der Waals surface area contributed by atoms with Gasteiger partial charge in [0.2, 0.25) is 0 Å². The number of hydrogen-bond donors (Lipinski definition) is 0. The third kappa shape index (κ3) is 5.47. The predicted octanol–water partition coefficient (Wildman–Crippen LogP) is 5.41. The van der Waals surface area contributed by atoms with E-state index in [1.807, 2.05) is 48.2 Å². The summed E-state index contributed by atoms with van der Waals surface area (Å²) in [5.41, 5.74) is 1.29. The second-order valence-corrected chi connectivity index (χ2v) is 6.44. The van der Waals surface area contributed by atoms with Crippen molar-refractivity contribution < 1.29 is 4.74 Å². The van der Waals surface area contributed by atoms with Crippen molar-refractivity contribution in [2.24, 2.45) is 0 Å². The van der Waals surface area contributed by atoms with Gasteiger partial charge >= 0.3 is 0 Å². The Kier molecular flexibility index (Phi) is 6.08. The Morgan fingerprint density at radius 3 is 2.63 bits per heavy atom. The van der Waals surface area contributed by atoms with Crippen LogP contribution in [0.5, 0.6) is 5.75 Å². The highest BCUT2D eigenvalue weighted by Gasteiger charge is 1.97. The Bertz CT molecular complexity index is 516. The van der Waals surface area contributed by atoms with Crippen molar-refractivity contribution in [1.82, 2.24) is 0 Å². The summed E-state index contributed by atoms with van der Waals surface area (Å²) in [4.78, 5) is 0. The smallest absolute Gasteiger partial charge is 0.120 e. The average Bonchev–Trinajstić information content (AvgIpc) is 2.41. The molecule has 0 N–H and O–H groups in total. The number of rotatable bonds is 6. The third-order valence-electron chi connectivity index (χ3n) is 2.47. The largest absolute Gasteiger partial charge is 0.493 e. The molecule has 0 aliphatic carbocycles. The summed E-state index contributed by atoms with van der Waals surface area (Å²) in [6, 6.07) is 15.9. The average molecular weight is 358 g/mol. The molecular weight excluding hydrogens is 344 g/mol. The first-order chi connectivity index (χ1) is 9.24. The summed E-state index contributed by atoms with van der Waals surface area (Å²) in [6.07, 6.45) is 0. The van der Waals surface area contributed by atoms with Gasteiger partial charge in [0.25, 0.3) is 0 Å². The first-order valence-electron chi connectivity index (χ1n) is 5.94. The SMILES string of the molecule is Clc1ccc(CSCCOc2cccc(Br)c2)cc1. The highest BCUT2D eigenvalue weighted by Crippen LogP contribution is 2.19. The van der Waals surface area contributed by atoms with Gasteiger partial charge in [0.05, 0.1) is 6.61 Å². The number of thioether (sulfide) groups is 1. The molecule has 0 aromatic heterocycles. The van der Waals surface area contributed by atoms with Crippen LogP contribution in [0.25, 0.3) is 0 Å². The quantitative estimate of drug-likeness (QED) is 0.639. The molecule has 2 aromatic rings. The van der Waals surface area contributed by atoms with Gasteiger partial charge in [-0.05, 0) is 35.9 Å². The summed E-state index contributed by atoms with van der Waals surface area (Å²) in [5.74, 6) is 2.86. The lowest BCUT2D eigenvalue weighted by Gasteiger charge is -2.06. The molecule has 100 valence electrons. The molecule has 0 spiro atoms. The molecular formula is C15H14BrClOS. The number of halogens is 2. The molecule has 1 nitrogen and oxygen atoms in total. The fourth-order valence-electron chi connectivity index (χ4n) is 1.55. The Balaban J connectivity index is 1.66. The molecule has 0 amide bonds. The zero-order valence-corrected chi connectivity index (χ0v) is 13.5. The summed E-state index contributed by atoms with van der Waals surface area (Å²) in [7, 11) is 0. The van der Waals surface area contributed by atoms with Gasteiger partial charge in [0.1, 0.15) is 5.75 Å². The number of benzene rings is 2. The zero-order chi connectivity index (χ0) is 13.5. The Morgan fingerprint density at radius 1 is 1.11 bits per heavy atom. The summed E-state index contributed by atoms with van der Waals surface area (Å²) in [5, 5.41) is 0.784. The van der Waals surface area contributed by atoms with Crippen LogP contribution in [0, 0.1) is 0 Å². The minimum absolute atomic E-state index is 0.717. The zero-order valence-electron chi connectivity index (χ0n) is 10.3. The first kappa shape index (κ1) is 14.8. The summed E-state index contributed by atoms with van der Waals surface area (Å²) < 4.78 is 6.71. The molecule has 0 aliphatic heterocycles. The molecule has 2 rings (SSSR count). The van der Waals surface area contributed by atoms with Crippen LogP contribution in [0.15, 0.2) is 53.0 Å². The van der Waals surface area contributed by atoms with Crippen LogP contribution in [0.1, 0.15) is 5.56 Å². The van der Waals surface area contributed by atoms with E-state index in [1.165, 1.54) is 5.56 Å². The van der Waals surface area contributed by atoms with Gasteiger partial charge < -0.3 is 4.74 Å². The molecule has 0 fully saturated rings. The highest BCUT2D eigenvalue weighted by molar-refractivity contribution is 9.10. The van der Waals surface area contributed by atoms with Crippen LogP contribution >= 0.6 is 39.3 Å². The van der Waals surface area contributed by atoms with E-state index in [1.54, 1.807) is 0 Å². The fraction of sp³-hybridized carbons (Fsp3) is 0.200. The van der Waals surface area contributed by atoms with Crippen molar-refractivity contribution in [3.63, 3.8) is 0 Å². The maximum absolute atomic E-state index is 5.85. The highest BCUT2D eigenvalue weighted by atomic mass is 79.9. The van der Waals surface area contributed by atoms with E-state index < -0.39 is 0 Å². The van der Waals surface area contributed by atoms with Crippen molar-refractivity contribution >= 4 is 39.3 Å². The van der Waals surface area contributed by atoms with Crippen molar-refractivity contribution in [2.45, 2.75) is 5.75 Å². The molecule has 0 bridgehead atoms. The molecule has 0 aliphatic rings. The third-order valence-corrected chi connectivity index (χ3v) is 4.21. The second kappa shape index (κ2) is 7.83. The first-order valence-corrected chi connectivity index (χ1v) is 8.27. The Morgan fingerprint density at radius 2 is 1.89 bits per heavy atom. The fourth-order valence-corrected chi connectivity index (χ4v) is 2.82. The standard InChI is InChI=1S/C15H14BrClOS/c16-13-2-1-3-15(10-13)18-8-9-19-11-12-4-6-14(17)7-5-12/h1-7,10H,8-9,11H2. The van der Waals surface area contributed by atoms with E-state index in [4.69, 9.17) is 16.3 Å². The van der Waals surface area contributed by atoms with Crippen LogP contribution < -0.4 is 4.74 Å². The monoisotopic (exact) mass is 356 g/mol. The lowest BCUT2D eigenvalue weighted by atomic mass is 10.2. The van der Waals surface area contributed by atoms with Crippen LogP contribution in [0.4, 0.5) is 0 Å². The van der Waals surface area contributed by atoms with Crippen LogP contribution in [0.3, 0.4) is 0 Å². The molecule has 0 heterocycles. The molecule has 0 saturated carbocycles. The van der Waals surface area contributed by atoms with E-state index in [0.717, 1.165) is 26.8 Å². The van der Waals surface area contributed by atoms with Crippen molar-refractivity contribution in [1.29, 1.82) is 0 Å². The molecule has 0 unspecified atom stereocenters. The van der Waals surface area contributed by atoms with Gasteiger partial charge in [0.15, 0.2) is 0 Å². The van der Waals surface area contributed by atoms with Crippen LogP contribution in [-0.2, 0) is 5.75 Å². The lowest BCUT2D eigenvalue weighted by Crippen LogP contribution is -2.00. The Hall–Kier alpha value is -0.640. The molecule has 19 heavy (non-hydrogen) atoms. The van der Waals surface area contributed by atoms with E-state index in [-0.39, 0.29) is 0 Å². The summed E-state index contributed by atoms with van der Waals surface area (Å²) >= 11 is 11.1. The Labute approximate surface area is 131 Å². The van der Waals surface area contributed by atoms with E-state index in [9.17, 15) is 0 Å². The van der Waals surface area contributed by atoms with E-state index in [2.05, 4.69) is 28.1 Å². The van der Waals surface area contributed by atoms with E-state index in [0.29, 0.717) is 6.61 Å². The normalized spacial score (nSPS) is 10.4. The molecule has 0 atom stereocenters. The number of ether oxygens (including phenoxy) is 1. The maximum atomic E-state index is 5.85. The van der Waals surface area contributed by atoms with Gasteiger partial charge in [-0.2, -0.15) is 11.8 Å². The number of hydrogen-bond acceptors (Lipinski definition) is 2. The predicted molar refractivity (Wildman–Crippen MR) is 87.3 cm³/mol. The van der Waals surface area contributed by atoms with Crippen LogP contribution in [-0.4, -0.2) is 12.4 Å². The van der Waals surface area contributed by atoms with Gasteiger partial charge in [-0.25, -0.2) is 0 Å². The van der Waals surface area contributed by atoms with Gasteiger partial charge in [0, 0.05) is 21.0 Å². The topological polar surface area (TPSA) is 9.23 Å². The second-order valence-electron chi connectivity index (χ2n) is 3.98. The molecule has 4 heteroatoms. The van der Waals surface area contributed by atoms with Crippen molar-refractivity contribution in [2.75, 3.05) is 12.4 Å². The van der Waals surface area contributed by atoms with Gasteiger partial charge in [-0.1, -0.05) is 45.7 Å². The van der Waals surface area contributed by atoms with Crippen LogP contribution in [0.2, 0.25) is 5.02 Å². The molecule has 0 saturated heterocycles. The minimum atomic E-state index is 0.717. The summed E-state index contributed by atoms with van der Waals surface area (Å²) in [6.45, 7) is 0.717. The van der Waals surface area contributed by atoms with Gasteiger partial charge in [-0.15, -0.1) is 0 Å². The lowest BCUT2D eigenvalue weighted by molar-refractivity contribution is 0.344. The maximum Gasteiger partial charge on any atom is 0.120 e. The van der Waals surface area contributed by atoms with Crippen molar-refractivity contribution in [3.8, 4) is 5.75 Å². The van der Waals surface area contributed by atoms with Gasteiger partial charge in [-0.3, -0.25) is 0 Å².